The first-order chi connectivity index (χ1) is 14.0. The molecule has 1 aliphatic heterocycles. The number of piperazine rings is 1. The Morgan fingerprint density at radius 1 is 1.10 bits per heavy atom. The first-order valence-electron chi connectivity index (χ1n) is 9.45. The van der Waals surface area contributed by atoms with Gasteiger partial charge in [-0.15, -0.1) is 0 Å². The summed E-state index contributed by atoms with van der Waals surface area (Å²) >= 11 is 0. The number of para-hydroxylation sites is 1. The van der Waals surface area contributed by atoms with E-state index in [4.69, 9.17) is 9.47 Å². The van der Waals surface area contributed by atoms with Crippen LogP contribution in [-0.4, -0.2) is 79.1 Å². The van der Waals surface area contributed by atoms with E-state index < -0.39 is 5.91 Å². The number of ether oxygens (including phenoxy) is 2. The van der Waals surface area contributed by atoms with E-state index in [0.29, 0.717) is 44.1 Å². The molecule has 1 aliphatic rings. The molecule has 0 radical (unpaired) electrons. The van der Waals surface area contributed by atoms with Crippen LogP contribution in [-0.2, 0) is 9.53 Å². The van der Waals surface area contributed by atoms with Gasteiger partial charge in [0.2, 0.25) is 5.91 Å². The molecule has 1 N–H and O–H groups in total. The van der Waals surface area contributed by atoms with Gasteiger partial charge in [0.15, 0.2) is 0 Å². The first kappa shape index (κ1) is 20.4. The van der Waals surface area contributed by atoms with Crippen molar-refractivity contribution in [3.8, 4) is 5.75 Å². The second-order valence-electron chi connectivity index (χ2n) is 6.48. The highest BCUT2D eigenvalue weighted by atomic mass is 16.6. The van der Waals surface area contributed by atoms with Crippen LogP contribution < -0.4 is 10.1 Å². The Hall–Kier alpha value is -3.36. The van der Waals surface area contributed by atoms with Crippen LogP contribution in [0.2, 0.25) is 0 Å². The molecular weight excluding hydrogens is 376 g/mol. The van der Waals surface area contributed by atoms with Gasteiger partial charge in [-0.2, -0.15) is 0 Å². The number of benzene rings is 1. The predicted molar refractivity (Wildman–Crippen MR) is 106 cm³/mol. The summed E-state index contributed by atoms with van der Waals surface area (Å²) in [6.07, 6.45) is -0.371. The highest BCUT2D eigenvalue weighted by Gasteiger charge is 2.25. The van der Waals surface area contributed by atoms with Crippen LogP contribution in [0.1, 0.15) is 17.4 Å². The monoisotopic (exact) mass is 400 g/mol. The van der Waals surface area contributed by atoms with Gasteiger partial charge in [0.25, 0.3) is 5.91 Å². The number of pyridine rings is 1. The van der Waals surface area contributed by atoms with E-state index >= 15 is 0 Å². The number of nitrogens with zero attached hydrogens (tertiary/aromatic N) is 3. The van der Waals surface area contributed by atoms with Crippen LogP contribution in [0.3, 0.4) is 0 Å². The van der Waals surface area contributed by atoms with Crippen molar-refractivity contribution in [1.29, 1.82) is 0 Å². The predicted octanol–water partition coefficient (Wildman–Crippen LogP) is 1.27. The van der Waals surface area contributed by atoms with Crippen LogP contribution >= 0.6 is 0 Å². The molecule has 0 saturated carbocycles. The molecule has 1 saturated heterocycles. The van der Waals surface area contributed by atoms with Crippen molar-refractivity contribution >= 4 is 28.8 Å². The lowest BCUT2D eigenvalue weighted by atomic mass is 10.1. The van der Waals surface area contributed by atoms with Crippen molar-refractivity contribution in [2.45, 2.75) is 6.92 Å². The lowest BCUT2D eigenvalue weighted by Crippen LogP contribution is -2.52. The standard InChI is InChI=1S/C20H24N4O5/c1-3-29-20(27)24-10-8-23(9-11-24)18(25)13-21-19(26)16-12-17(28-2)14-6-4-5-7-15(14)22-16/h4-7,12H,3,8-11,13H2,1-2H3,(H,21,26). The molecule has 9 nitrogen and oxygen atoms in total. The minimum atomic E-state index is -0.451. The number of nitrogens with one attached hydrogen (secondary N) is 1. The van der Waals surface area contributed by atoms with Crippen LogP contribution in [0.15, 0.2) is 30.3 Å². The Bertz CT molecular complexity index is 909. The SMILES string of the molecule is CCOC(=O)N1CCN(C(=O)CNC(=O)c2cc(OC)c3ccccc3n2)CC1. The van der Waals surface area contributed by atoms with Gasteiger partial charge in [-0.1, -0.05) is 12.1 Å². The average molecular weight is 400 g/mol. The van der Waals surface area contributed by atoms with Crippen molar-refractivity contribution in [2.24, 2.45) is 0 Å². The van der Waals surface area contributed by atoms with Crippen molar-refractivity contribution in [2.75, 3.05) is 46.4 Å². The van der Waals surface area contributed by atoms with Crippen molar-refractivity contribution in [3.05, 3.63) is 36.0 Å². The minimum absolute atomic E-state index is 0.144. The molecule has 0 bridgehead atoms. The summed E-state index contributed by atoms with van der Waals surface area (Å²) in [6, 6.07) is 8.91. The number of hydrogen-bond acceptors (Lipinski definition) is 6. The van der Waals surface area contributed by atoms with Crippen LogP contribution in [0.4, 0.5) is 4.79 Å². The molecule has 9 heteroatoms. The second kappa shape index (κ2) is 9.22. The largest absolute Gasteiger partial charge is 0.496 e. The Morgan fingerprint density at radius 2 is 1.79 bits per heavy atom. The van der Waals surface area contributed by atoms with Crippen molar-refractivity contribution in [3.63, 3.8) is 0 Å². The molecular formula is C20H24N4O5. The van der Waals surface area contributed by atoms with Gasteiger partial charge in [-0.05, 0) is 19.1 Å². The number of aromatic nitrogens is 1. The summed E-state index contributed by atoms with van der Waals surface area (Å²) in [6.45, 7) is 3.53. The Balaban J connectivity index is 1.56. The highest BCUT2D eigenvalue weighted by molar-refractivity contribution is 5.98. The number of rotatable bonds is 5. The normalized spacial score (nSPS) is 13.9. The maximum absolute atomic E-state index is 12.5. The molecule has 3 rings (SSSR count). The Labute approximate surface area is 168 Å². The van der Waals surface area contributed by atoms with E-state index in [0.717, 1.165) is 5.39 Å². The lowest BCUT2D eigenvalue weighted by Gasteiger charge is -2.34. The third-order valence-corrected chi connectivity index (χ3v) is 4.69. The van der Waals surface area contributed by atoms with Gasteiger partial charge in [0, 0.05) is 37.6 Å². The summed E-state index contributed by atoms with van der Waals surface area (Å²) in [5.74, 6) is -0.121. The summed E-state index contributed by atoms with van der Waals surface area (Å²) in [7, 11) is 1.53. The number of amides is 3. The van der Waals surface area contributed by atoms with Gasteiger partial charge >= 0.3 is 6.09 Å². The zero-order valence-electron chi connectivity index (χ0n) is 16.5. The molecule has 2 heterocycles. The molecule has 154 valence electrons. The molecule has 3 amide bonds. The number of hydrogen-bond donors (Lipinski definition) is 1. The minimum Gasteiger partial charge on any atom is -0.496 e. The van der Waals surface area contributed by atoms with Gasteiger partial charge in [0.1, 0.15) is 11.4 Å². The Morgan fingerprint density at radius 3 is 2.48 bits per heavy atom. The van der Waals surface area contributed by atoms with E-state index in [1.54, 1.807) is 28.9 Å². The second-order valence-corrected chi connectivity index (χ2v) is 6.48. The summed E-state index contributed by atoms with van der Waals surface area (Å²) < 4.78 is 10.3. The van der Waals surface area contributed by atoms with Gasteiger partial charge < -0.3 is 24.6 Å². The topological polar surface area (TPSA) is 101 Å². The van der Waals surface area contributed by atoms with E-state index in [2.05, 4.69) is 10.3 Å². The third kappa shape index (κ3) is 4.74. The van der Waals surface area contributed by atoms with Crippen LogP contribution in [0, 0.1) is 0 Å². The van der Waals surface area contributed by atoms with Crippen LogP contribution in [0.25, 0.3) is 10.9 Å². The van der Waals surface area contributed by atoms with E-state index in [1.165, 1.54) is 7.11 Å². The lowest BCUT2D eigenvalue weighted by molar-refractivity contribution is -0.131. The summed E-state index contributed by atoms with van der Waals surface area (Å²) in [5, 5.41) is 3.42. The zero-order chi connectivity index (χ0) is 20.8. The molecule has 0 spiro atoms. The van der Waals surface area contributed by atoms with Gasteiger partial charge in [0.05, 0.1) is 25.8 Å². The fourth-order valence-electron chi connectivity index (χ4n) is 3.14. The average Bonchev–Trinajstić information content (AvgIpc) is 2.76. The molecule has 0 aliphatic carbocycles. The molecule has 1 fully saturated rings. The van der Waals surface area contributed by atoms with Crippen molar-refractivity contribution in [1.82, 2.24) is 20.1 Å². The number of fused-ring (bicyclic) bond motifs is 1. The number of methoxy groups -OCH3 is 1. The van der Waals surface area contributed by atoms with Gasteiger partial charge in [-0.3, -0.25) is 9.59 Å². The number of carbonyl (C=O) groups is 3. The summed E-state index contributed by atoms with van der Waals surface area (Å²) in [5.41, 5.74) is 0.818. The fraction of sp³-hybridized carbons (Fsp3) is 0.400. The molecule has 2 aromatic rings. The maximum atomic E-state index is 12.5. The van der Waals surface area contributed by atoms with E-state index in [9.17, 15) is 14.4 Å². The molecule has 0 atom stereocenters. The third-order valence-electron chi connectivity index (χ3n) is 4.69. The number of carbonyl (C=O) groups excluding carboxylic acids is 3. The van der Waals surface area contributed by atoms with E-state index in [-0.39, 0.29) is 24.2 Å². The fourth-order valence-corrected chi connectivity index (χ4v) is 3.14. The smallest absolute Gasteiger partial charge is 0.409 e. The maximum Gasteiger partial charge on any atom is 0.409 e. The van der Waals surface area contributed by atoms with E-state index in [1.807, 2.05) is 18.2 Å². The zero-order valence-corrected chi connectivity index (χ0v) is 16.5. The molecule has 1 aromatic carbocycles. The van der Waals surface area contributed by atoms with Crippen LogP contribution in [0.5, 0.6) is 5.75 Å². The molecule has 29 heavy (non-hydrogen) atoms. The Kier molecular flexibility index (Phi) is 6.48. The molecule has 0 unspecified atom stereocenters. The van der Waals surface area contributed by atoms with Crippen molar-refractivity contribution < 1.29 is 23.9 Å². The highest BCUT2D eigenvalue weighted by Crippen LogP contribution is 2.24. The summed E-state index contributed by atoms with van der Waals surface area (Å²) in [4.78, 5) is 44.1. The molecule has 1 aromatic heterocycles. The quantitative estimate of drug-likeness (QED) is 0.811. The van der Waals surface area contributed by atoms with Gasteiger partial charge in [-0.25, -0.2) is 9.78 Å². The first-order valence-corrected chi connectivity index (χ1v) is 9.45.